The van der Waals surface area contributed by atoms with E-state index in [1.165, 1.54) is 0 Å². The van der Waals surface area contributed by atoms with Gasteiger partial charge in [-0.2, -0.15) is 5.10 Å². The van der Waals surface area contributed by atoms with Crippen LogP contribution < -0.4 is 5.32 Å². The molecule has 0 aromatic carbocycles. The molecule has 0 spiro atoms. The van der Waals surface area contributed by atoms with Gasteiger partial charge in [-0.15, -0.1) is 0 Å². The monoisotopic (exact) mass is 330 g/mol. The van der Waals surface area contributed by atoms with Crippen LogP contribution in [0.4, 0.5) is 4.79 Å². The molecule has 1 aliphatic rings. The maximum atomic E-state index is 12.8. The molecular weight excluding hydrogens is 304 g/mol. The van der Waals surface area contributed by atoms with E-state index in [0.717, 1.165) is 42.1 Å². The molecule has 6 heteroatoms. The van der Waals surface area contributed by atoms with Gasteiger partial charge >= 0.3 is 6.03 Å². The van der Waals surface area contributed by atoms with E-state index >= 15 is 0 Å². The Kier molecular flexibility index (Phi) is 4.64. The first kappa shape index (κ1) is 16.6. The fourth-order valence-electron chi connectivity index (χ4n) is 3.23. The molecule has 2 aromatic rings. The van der Waals surface area contributed by atoms with Crippen molar-refractivity contribution in [2.24, 2.45) is 0 Å². The summed E-state index contributed by atoms with van der Waals surface area (Å²) in [4.78, 5) is 14.7. The molecule has 1 N–H and O–H groups in total. The highest BCUT2D eigenvalue weighted by Crippen LogP contribution is 2.34. The van der Waals surface area contributed by atoms with Crippen molar-refractivity contribution in [3.63, 3.8) is 0 Å². The highest BCUT2D eigenvalue weighted by Gasteiger charge is 2.37. The van der Waals surface area contributed by atoms with Gasteiger partial charge < -0.3 is 14.6 Å². The van der Waals surface area contributed by atoms with Crippen molar-refractivity contribution in [1.29, 1.82) is 0 Å². The summed E-state index contributed by atoms with van der Waals surface area (Å²) in [6, 6.07) is 4.00. The van der Waals surface area contributed by atoms with Crippen LogP contribution in [0.1, 0.15) is 55.4 Å². The Morgan fingerprint density at radius 1 is 1.50 bits per heavy atom. The normalized spacial score (nSPS) is 15.3. The number of nitrogens with one attached hydrogen (secondary N) is 1. The van der Waals surface area contributed by atoms with Crippen LogP contribution in [-0.2, 0) is 13.1 Å². The van der Waals surface area contributed by atoms with Gasteiger partial charge in [0.2, 0.25) is 0 Å². The van der Waals surface area contributed by atoms with Crippen molar-refractivity contribution in [3.8, 4) is 0 Å². The van der Waals surface area contributed by atoms with Crippen LogP contribution >= 0.6 is 0 Å². The molecule has 2 heterocycles. The van der Waals surface area contributed by atoms with Gasteiger partial charge in [-0.3, -0.25) is 4.68 Å². The topological polar surface area (TPSA) is 63.3 Å². The molecule has 1 atom stereocenters. The van der Waals surface area contributed by atoms with Gasteiger partial charge in [0.25, 0.3) is 0 Å². The lowest BCUT2D eigenvalue weighted by Gasteiger charge is -2.28. The summed E-state index contributed by atoms with van der Waals surface area (Å²) in [6.45, 7) is 9.47. The van der Waals surface area contributed by atoms with Gasteiger partial charge in [-0.05, 0) is 52.7 Å². The van der Waals surface area contributed by atoms with Crippen LogP contribution in [0.15, 0.2) is 22.8 Å². The predicted octanol–water partition coefficient (Wildman–Crippen LogP) is 3.55. The van der Waals surface area contributed by atoms with Gasteiger partial charge in [0, 0.05) is 30.4 Å². The zero-order chi connectivity index (χ0) is 17.3. The van der Waals surface area contributed by atoms with E-state index in [0.29, 0.717) is 12.6 Å². The van der Waals surface area contributed by atoms with Crippen LogP contribution in [0.3, 0.4) is 0 Å². The highest BCUT2D eigenvalue weighted by atomic mass is 16.3. The third-order valence-electron chi connectivity index (χ3n) is 4.79. The number of rotatable bonds is 6. The first-order valence-corrected chi connectivity index (χ1v) is 8.65. The quantitative estimate of drug-likeness (QED) is 0.881. The Balaban J connectivity index is 1.70. The Morgan fingerprint density at radius 3 is 2.79 bits per heavy atom. The molecule has 2 aromatic heterocycles. The Labute approximate surface area is 142 Å². The molecule has 0 radical (unpaired) electrons. The number of aryl methyl sites for hydroxylation is 2. The Bertz CT molecular complexity index is 701. The van der Waals surface area contributed by atoms with Crippen LogP contribution in [0.25, 0.3) is 0 Å². The molecular formula is C18H26N4O2. The van der Waals surface area contributed by atoms with Crippen LogP contribution in [0.5, 0.6) is 0 Å². The molecule has 2 amide bonds. The van der Waals surface area contributed by atoms with Gasteiger partial charge in [-0.1, -0.05) is 0 Å². The first-order valence-electron chi connectivity index (χ1n) is 8.65. The second-order valence-electron chi connectivity index (χ2n) is 6.45. The van der Waals surface area contributed by atoms with Gasteiger partial charge in [0.1, 0.15) is 5.76 Å². The molecule has 0 aliphatic heterocycles. The smallest absolute Gasteiger partial charge is 0.318 e. The van der Waals surface area contributed by atoms with Crippen molar-refractivity contribution >= 4 is 6.03 Å². The van der Waals surface area contributed by atoms with Crippen molar-refractivity contribution in [3.05, 3.63) is 41.1 Å². The molecule has 1 fully saturated rings. The molecule has 130 valence electrons. The van der Waals surface area contributed by atoms with Crippen LogP contribution in [0.2, 0.25) is 0 Å². The zero-order valence-corrected chi connectivity index (χ0v) is 14.9. The van der Waals surface area contributed by atoms with Crippen molar-refractivity contribution < 1.29 is 9.21 Å². The standard InChI is InChI=1S/C18H26N4O2/c1-5-21-13(3)16(12(2)20-21)11-19-18(23)22(15-8-9-15)14(4)17-7-6-10-24-17/h6-7,10,14-15H,5,8-9,11H2,1-4H3,(H,19,23). The number of aromatic nitrogens is 2. The minimum Gasteiger partial charge on any atom is -0.467 e. The Hall–Kier alpha value is -2.24. The number of hydrogen-bond acceptors (Lipinski definition) is 3. The molecule has 1 unspecified atom stereocenters. The fourth-order valence-corrected chi connectivity index (χ4v) is 3.23. The average Bonchev–Trinajstić information content (AvgIpc) is 3.15. The van der Waals surface area contributed by atoms with Crippen LogP contribution in [-0.4, -0.2) is 26.8 Å². The summed E-state index contributed by atoms with van der Waals surface area (Å²) in [5.41, 5.74) is 3.20. The van der Waals surface area contributed by atoms with Gasteiger partial charge in [0.05, 0.1) is 18.0 Å². The lowest BCUT2D eigenvalue weighted by Crippen LogP contribution is -2.42. The van der Waals surface area contributed by atoms with Crippen molar-refractivity contribution in [1.82, 2.24) is 20.0 Å². The number of carbonyl (C=O) groups excluding carboxylic acids is 1. The van der Waals surface area contributed by atoms with E-state index in [1.807, 2.05) is 35.6 Å². The fraction of sp³-hybridized carbons (Fsp3) is 0.556. The van der Waals surface area contributed by atoms with Gasteiger partial charge in [-0.25, -0.2) is 4.79 Å². The van der Waals surface area contributed by atoms with Crippen molar-refractivity contribution in [2.45, 2.75) is 65.7 Å². The SMILES string of the molecule is CCn1nc(C)c(CNC(=O)N(C2CC2)C(C)c2ccco2)c1C. The van der Waals surface area contributed by atoms with E-state index in [-0.39, 0.29) is 12.1 Å². The van der Waals surface area contributed by atoms with E-state index < -0.39 is 0 Å². The molecule has 1 saturated carbocycles. The first-order chi connectivity index (χ1) is 11.5. The predicted molar refractivity (Wildman–Crippen MR) is 91.6 cm³/mol. The average molecular weight is 330 g/mol. The molecule has 6 nitrogen and oxygen atoms in total. The summed E-state index contributed by atoms with van der Waals surface area (Å²) in [6.07, 6.45) is 3.77. The highest BCUT2D eigenvalue weighted by molar-refractivity contribution is 5.75. The van der Waals surface area contributed by atoms with Gasteiger partial charge in [0.15, 0.2) is 0 Å². The maximum Gasteiger partial charge on any atom is 0.318 e. The molecule has 0 bridgehead atoms. The summed E-state index contributed by atoms with van der Waals surface area (Å²) < 4.78 is 7.46. The van der Waals surface area contributed by atoms with E-state index in [1.54, 1.807) is 6.26 Å². The lowest BCUT2D eigenvalue weighted by atomic mass is 10.2. The van der Waals surface area contributed by atoms with Crippen molar-refractivity contribution in [2.75, 3.05) is 0 Å². The molecule has 0 saturated heterocycles. The summed E-state index contributed by atoms with van der Waals surface area (Å²) in [7, 11) is 0. The zero-order valence-electron chi connectivity index (χ0n) is 14.9. The number of amides is 2. The number of carbonyl (C=O) groups is 1. The summed E-state index contributed by atoms with van der Waals surface area (Å²) in [5, 5.41) is 7.59. The molecule has 3 rings (SSSR count). The number of nitrogens with zero attached hydrogens (tertiary/aromatic N) is 3. The third kappa shape index (κ3) is 3.18. The van der Waals surface area contributed by atoms with E-state index in [9.17, 15) is 4.79 Å². The van der Waals surface area contributed by atoms with E-state index in [4.69, 9.17) is 4.42 Å². The minimum absolute atomic E-state index is 0.0375. The maximum absolute atomic E-state index is 12.8. The lowest BCUT2D eigenvalue weighted by molar-refractivity contribution is 0.166. The second-order valence-corrected chi connectivity index (χ2v) is 6.45. The largest absolute Gasteiger partial charge is 0.467 e. The summed E-state index contributed by atoms with van der Waals surface area (Å²) >= 11 is 0. The Morgan fingerprint density at radius 2 is 2.25 bits per heavy atom. The molecule has 24 heavy (non-hydrogen) atoms. The number of urea groups is 1. The van der Waals surface area contributed by atoms with E-state index in [2.05, 4.69) is 24.3 Å². The third-order valence-corrected chi connectivity index (χ3v) is 4.79. The second kappa shape index (κ2) is 6.71. The molecule has 1 aliphatic carbocycles. The number of hydrogen-bond donors (Lipinski definition) is 1. The van der Waals surface area contributed by atoms with Crippen LogP contribution in [0, 0.1) is 13.8 Å². The number of furan rings is 1. The summed E-state index contributed by atoms with van der Waals surface area (Å²) in [5.74, 6) is 0.822. The minimum atomic E-state index is -0.0620.